The zero-order chi connectivity index (χ0) is 17.1. The van der Waals surface area contributed by atoms with Gasteiger partial charge in [0.25, 0.3) is 0 Å². The van der Waals surface area contributed by atoms with E-state index in [0.29, 0.717) is 30.8 Å². The van der Waals surface area contributed by atoms with Crippen molar-refractivity contribution in [2.45, 2.75) is 79.8 Å². The van der Waals surface area contributed by atoms with Gasteiger partial charge in [0.05, 0.1) is 6.61 Å². The first kappa shape index (κ1) is 20.9. The van der Waals surface area contributed by atoms with Crippen LogP contribution in [0.4, 0.5) is 0 Å². The highest BCUT2D eigenvalue weighted by molar-refractivity contribution is 5.72. The van der Waals surface area contributed by atoms with Crippen LogP contribution in [0.1, 0.15) is 73.6 Å². The Balaban J connectivity index is 3.81. The van der Waals surface area contributed by atoms with Crippen molar-refractivity contribution in [3.8, 4) is 0 Å². The summed E-state index contributed by atoms with van der Waals surface area (Å²) in [6.45, 7) is 13.0. The summed E-state index contributed by atoms with van der Waals surface area (Å²) in [4.78, 5) is 23.3. The predicted molar refractivity (Wildman–Crippen MR) is 88.4 cm³/mol. The Bertz CT molecular complexity index is 313. The number of rotatable bonds is 11. The molecule has 0 rings (SSSR count). The molecule has 0 unspecified atom stereocenters. The van der Waals surface area contributed by atoms with Crippen molar-refractivity contribution in [3.63, 3.8) is 0 Å². The molecule has 4 nitrogen and oxygen atoms in total. The summed E-state index contributed by atoms with van der Waals surface area (Å²) in [7, 11) is 0. The Hall–Kier alpha value is -1.06. The van der Waals surface area contributed by atoms with E-state index in [-0.39, 0.29) is 30.9 Å². The second-order valence-electron chi connectivity index (χ2n) is 7.05. The molecule has 0 bridgehead atoms. The summed E-state index contributed by atoms with van der Waals surface area (Å²) >= 11 is 0. The Kier molecular flexibility index (Phi) is 10.9. The second-order valence-corrected chi connectivity index (χ2v) is 7.05. The van der Waals surface area contributed by atoms with E-state index in [1.54, 1.807) is 0 Å². The molecule has 0 aromatic carbocycles. The van der Waals surface area contributed by atoms with Gasteiger partial charge in [-0.05, 0) is 37.0 Å². The van der Waals surface area contributed by atoms with Gasteiger partial charge in [-0.1, -0.05) is 41.5 Å². The molecule has 4 heteroatoms. The molecule has 0 N–H and O–H groups in total. The highest BCUT2D eigenvalue weighted by Gasteiger charge is 2.21. The van der Waals surface area contributed by atoms with Crippen LogP contribution >= 0.6 is 0 Å². The number of esters is 2. The fraction of sp³-hybridized carbons (Fsp3) is 0.889. The Morgan fingerprint density at radius 3 is 1.86 bits per heavy atom. The zero-order valence-corrected chi connectivity index (χ0v) is 15.2. The minimum Gasteiger partial charge on any atom is -0.466 e. The zero-order valence-electron chi connectivity index (χ0n) is 15.2. The Morgan fingerprint density at radius 1 is 0.818 bits per heavy atom. The van der Waals surface area contributed by atoms with Gasteiger partial charge in [0, 0.05) is 12.8 Å². The van der Waals surface area contributed by atoms with Gasteiger partial charge < -0.3 is 9.47 Å². The van der Waals surface area contributed by atoms with Gasteiger partial charge >= 0.3 is 11.9 Å². The number of hydrogen-bond donors (Lipinski definition) is 0. The molecular formula is C18H34O4. The lowest BCUT2D eigenvalue weighted by Crippen LogP contribution is -2.28. The van der Waals surface area contributed by atoms with Crippen LogP contribution in [-0.2, 0) is 19.1 Å². The van der Waals surface area contributed by atoms with Crippen LogP contribution in [0, 0.1) is 17.8 Å². The quantitative estimate of drug-likeness (QED) is 0.420. The molecule has 0 atom stereocenters. The van der Waals surface area contributed by atoms with Gasteiger partial charge in [-0.2, -0.15) is 0 Å². The normalized spacial score (nSPS) is 11.5. The van der Waals surface area contributed by atoms with Crippen molar-refractivity contribution in [3.05, 3.63) is 0 Å². The molecule has 0 amide bonds. The van der Waals surface area contributed by atoms with Gasteiger partial charge in [-0.3, -0.25) is 9.59 Å². The first-order chi connectivity index (χ1) is 10.2. The summed E-state index contributed by atoms with van der Waals surface area (Å²) in [5.74, 6) is 0.786. The number of ether oxygens (including phenoxy) is 2. The highest BCUT2D eigenvalue weighted by atomic mass is 16.5. The topological polar surface area (TPSA) is 52.6 Å². The maximum Gasteiger partial charge on any atom is 0.306 e. The van der Waals surface area contributed by atoms with Crippen LogP contribution in [0.15, 0.2) is 0 Å². The van der Waals surface area contributed by atoms with Crippen LogP contribution in [0.3, 0.4) is 0 Å². The van der Waals surface area contributed by atoms with Gasteiger partial charge in [0.2, 0.25) is 0 Å². The van der Waals surface area contributed by atoms with E-state index in [0.717, 1.165) is 12.8 Å². The van der Waals surface area contributed by atoms with Crippen molar-refractivity contribution < 1.29 is 19.1 Å². The molecule has 0 aromatic heterocycles. The van der Waals surface area contributed by atoms with Gasteiger partial charge in [0.15, 0.2) is 0 Å². The summed E-state index contributed by atoms with van der Waals surface area (Å²) in [5, 5.41) is 0. The lowest BCUT2D eigenvalue weighted by Gasteiger charge is -2.24. The number of carbonyl (C=O) groups excluding carboxylic acids is 2. The third-order valence-electron chi connectivity index (χ3n) is 3.53. The Labute approximate surface area is 135 Å². The van der Waals surface area contributed by atoms with Crippen molar-refractivity contribution in [2.24, 2.45) is 17.8 Å². The molecule has 0 saturated heterocycles. The summed E-state index contributed by atoms with van der Waals surface area (Å²) in [6.07, 6.45) is 2.95. The van der Waals surface area contributed by atoms with Crippen LogP contribution in [-0.4, -0.2) is 24.6 Å². The lowest BCUT2D eigenvalue weighted by atomic mass is 9.96. The van der Waals surface area contributed by atoms with E-state index in [9.17, 15) is 9.59 Å². The molecule has 0 aromatic rings. The van der Waals surface area contributed by atoms with E-state index in [4.69, 9.17) is 9.47 Å². The van der Waals surface area contributed by atoms with Gasteiger partial charge in [0.1, 0.15) is 6.10 Å². The van der Waals surface area contributed by atoms with Crippen molar-refractivity contribution in [2.75, 3.05) is 6.61 Å². The molecule has 0 spiro atoms. The fourth-order valence-corrected chi connectivity index (χ4v) is 2.38. The molecule has 0 saturated carbocycles. The standard InChI is InChI=1S/C18H34O4/c1-13(2)9-8-12-21-16(19)10-7-11-17(20)22-18(14(3)4)15(5)6/h13-15,18H,7-12H2,1-6H3. The van der Waals surface area contributed by atoms with Crippen molar-refractivity contribution in [1.82, 2.24) is 0 Å². The van der Waals surface area contributed by atoms with E-state index >= 15 is 0 Å². The SMILES string of the molecule is CC(C)CCCOC(=O)CCCC(=O)OC(C(C)C)C(C)C. The van der Waals surface area contributed by atoms with E-state index in [2.05, 4.69) is 13.8 Å². The maximum absolute atomic E-state index is 11.8. The number of hydrogen-bond acceptors (Lipinski definition) is 4. The molecule has 0 heterocycles. The van der Waals surface area contributed by atoms with E-state index in [1.807, 2.05) is 27.7 Å². The van der Waals surface area contributed by atoms with Gasteiger partial charge in [-0.15, -0.1) is 0 Å². The maximum atomic E-state index is 11.8. The van der Waals surface area contributed by atoms with Gasteiger partial charge in [-0.25, -0.2) is 0 Å². The van der Waals surface area contributed by atoms with Crippen molar-refractivity contribution >= 4 is 11.9 Å². The first-order valence-electron chi connectivity index (χ1n) is 8.59. The summed E-state index contributed by atoms with van der Waals surface area (Å²) in [5.41, 5.74) is 0. The molecule has 22 heavy (non-hydrogen) atoms. The monoisotopic (exact) mass is 314 g/mol. The minimum atomic E-state index is -0.222. The molecule has 0 fully saturated rings. The van der Waals surface area contributed by atoms with Crippen LogP contribution in [0.25, 0.3) is 0 Å². The molecule has 0 aliphatic carbocycles. The fourth-order valence-electron chi connectivity index (χ4n) is 2.38. The third-order valence-corrected chi connectivity index (χ3v) is 3.53. The average molecular weight is 314 g/mol. The smallest absolute Gasteiger partial charge is 0.306 e. The molecule has 0 radical (unpaired) electrons. The van der Waals surface area contributed by atoms with Crippen LogP contribution < -0.4 is 0 Å². The molecular weight excluding hydrogens is 280 g/mol. The summed E-state index contributed by atoms with van der Waals surface area (Å²) < 4.78 is 10.6. The molecule has 0 aliphatic rings. The average Bonchev–Trinajstić information content (AvgIpc) is 2.40. The first-order valence-corrected chi connectivity index (χ1v) is 8.59. The predicted octanol–water partition coefficient (Wildman–Crippen LogP) is 4.36. The largest absolute Gasteiger partial charge is 0.466 e. The van der Waals surface area contributed by atoms with Crippen molar-refractivity contribution in [1.29, 1.82) is 0 Å². The Morgan fingerprint density at radius 2 is 1.36 bits per heavy atom. The van der Waals surface area contributed by atoms with E-state index < -0.39 is 0 Å². The second kappa shape index (κ2) is 11.5. The van der Waals surface area contributed by atoms with Crippen LogP contribution in [0.5, 0.6) is 0 Å². The van der Waals surface area contributed by atoms with E-state index in [1.165, 1.54) is 0 Å². The molecule has 0 aliphatic heterocycles. The summed E-state index contributed by atoms with van der Waals surface area (Å²) in [6, 6.07) is 0. The molecule has 130 valence electrons. The lowest BCUT2D eigenvalue weighted by molar-refractivity contribution is -0.154. The number of carbonyl (C=O) groups is 2. The minimum absolute atomic E-state index is 0.0597. The highest BCUT2D eigenvalue weighted by Crippen LogP contribution is 2.17. The van der Waals surface area contributed by atoms with Crippen LogP contribution in [0.2, 0.25) is 0 Å². The third kappa shape index (κ3) is 10.6.